The predicted octanol–water partition coefficient (Wildman–Crippen LogP) is 28.2. The molecule has 0 spiro atoms. The van der Waals surface area contributed by atoms with E-state index in [1.165, 1.54) is 308 Å². The molecule has 0 aromatic carbocycles. The number of aliphatic hydroxyl groups is 1. The molecule has 3 N–H and O–H groups in total. The summed E-state index contributed by atoms with van der Waals surface area (Å²) in [6.45, 7) is 9.75. The number of aliphatic hydroxyl groups excluding tert-OH is 1. The van der Waals surface area contributed by atoms with Crippen LogP contribution >= 0.6 is 15.6 Å². The summed E-state index contributed by atoms with van der Waals surface area (Å²) in [4.78, 5) is 73.4. The molecule has 0 radical (unpaired) electrons. The standard InChI is InChI=1S/C91H178O17P2/c1-7-9-11-13-15-17-19-21-22-23-24-25-26-27-28-33-39-45-51-57-63-69-75-90(95)107-87(80-102-89(94)74-68-62-56-50-44-38-32-30-29-31-36-41-47-53-59-65-71-83(3)4)82-106-110(99,100)104-78-85(92)77-103-109(97,98)105-81-86(79-101-88(93)73-67-61-55-49-43-35-20-18-16-14-12-10-8-2)108-91(96)76-70-64-58-52-46-40-34-37-42-48-54-60-66-72-84(5)6/h83-87,92H,7-82H2,1-6H3,(H,97,98)(H,99,100)/t85-,86+,87+/m0/s1. The highest BCUT2D eigenvalue weighted by Gasteiger charge is 2.31. The van der Waals surface area contributed by atoms with Gasteiger partial charge in [0.25, 0.3) is 0 Å². The van der Waals surface area contributed by atoms with Crippen molar-refractivity contribution in [3.05, 3.63) is 0 Å². The minimum absolute atomic E-state index is 0.108. The summed E-state index contributed by atoms with van der Waals surface area (Å²) in [7, 11) is -9.94. The number of hydrogen-bond acceptors (Lipinski definition) is 15. The van der Waals surface area contributed by atoms with E-state index in [2.05, 4.69) is 41.5 Å². The molecule has 0 aromatic rings. The first-order valence-electron chi connectivity index (χ1n) is 47.0. The number of rotatable bonds is 90. The fourth-order valence-electron chi connectivity index (χ4n) is 14.3. The van der Waals surface area contributed by atoms with Gasteiger partial charge < -0.3 is 33.8 Å². The predicted molar refractivity (Wildman–Crippen MR) is 455 cm³/mol. The fraction of sp³-hybridized carbons (Fsp3) is 0.956. The number of esters is 4. The van der Waals surface area contributed by atoms with Gasteiger partial charge in [0, 0.05) is 25.7 Å². The average Bonchev–Trinajstić information content (AvgIpc) is 0.898. The number of unbranched alkanes of at least 4 members (excludes halogenated alkanes) is 60. The molecule has 17 nitrogen and oxygen atoms in total. The second-order valence-electron chi connectivity index (χ2n) is 33.6. The first-order chi connectivity index (χ1) is 53.4. The van der Waals surface area contributed by atoms with Crippen LogP contribution in [0.3, 0.4) is 0 Å². The van der Waals surface area contributed by atoms with Crippen LogP contribution < -0.4 is 0 Å². The van der Waals surface area contributed by atoms with Gasteiger partial charge in [-0.05, 0) is 37.5 Å². The van der Waals surface area contributed by atoms with Gasteiger partial charge in [0.05, 0.1) is 26.4 Å². The molecule has 2 unspecified atom stereocenters. The minimum Gasteiger partial charge on any atom is -0.462 e. The molecule has 19 heteroatoms. The van der Waals surface area contributed by atoms with Gasteiger partial charge in [-0.15, -0.1) is 0 Å². The Morgan fingerprint density at radius 3 is 0.618 bits per heavy atom. The van der Waals surface area contributed by atoms with E-state index in [4.69, 9.17) is 37.0 Å². The van der Waals surface area contributed by atoms with E-state index in [0.29, 0.717) is 25.7 Å². The van der Waals surface area contributed by atoms with Crippen molar-refractivity contribution in [3.8, 4) is 0 Å². The summed E-state index contributed by atoms with van der Waals surface area (Å²) in [5.74, 6) is -0.495. The molecule has 654 valence electrons. The third-order valence-electron chi connectivity index (χ3n) is 21.5. The first-order valence-corrected chi connectivity index (χ1v) is 50.0. The Hall–Kier alpha value is -1.94. The molecule has 0 fully saturated rings. The normalized spacial score (nSPS) is 13.7. The molecule has 0 bridgehead atoms. The molecule has 0 aromatic heterocycles. The smallest absolute Gasteiger partial charge is 0.462 e. The highest BCUT2D eigenvalue weighted by molar-refractivity contribution is 7.47. The number of ether oxygens (including phenoxy) is 4. The summed E-state index contributed by atoms with van der Waals surface area (Å²) in [6, 6.07) is 0. The molecular weight excluding hydrogens is 1430 g/mol. The minimum atomic E-state index is -4.97. The van der Waals surface area contributed by atoms with E-state index in [9.17, 15) is 43.2 Å². The SMILES string of the molecule is CCCCCCCCCCCCCCCCCCCCCCCCC(=O)O[C@H](COC(=O)CCCCCCCCCCCCCCCCCCC(C)C)COP(=O)(O)OC[C@@H](O)COP(=O)(O)OC[C@@H](COC(=O)CCCCCCCCCCCCCCC)OC(=O)CCCCCCCCCCCCCCCC(C)C. The second-order valence-corrected chi connectivity index (χ2v) is 36.6. The lowest BCUT2D eigenvalue weighted by molar-refractivity contribution is -0.161. The summed E-state index contributed by atoms with van der Waals surface area (Å²) in [5.41, 5.74) is 0. The molecular formula is C91H178O17P2. The zero-order valence-corrected chi connectivity index (χ0v) is 74.4. The molecule has 0 aliphatic carbocycles. The van der Waals surface area contributed by atoms with Crippen molar-refractivity contribution in [3.63, 3.8) is 0 Å². The Bertz CT molecular complexity index is 2100. The van der Waals surface area contributed by atoms with Gasteiger partial charge in [-0.25, -0.2) is 9.13 Å². The van der Waals surface area contributed by atoms with Crippen LogP contribution in [-0.2, 0) is 65.4 Å². The van der Waals surface area contributed by atoms with Crippen molar-refractivity contribution < 1.29 is 80.2 Å². The van der Waals surface area contributed by atoms with Crippen molar-refractivity contribution in [1.82, 2.24) is 0 Å². The molecule has 0 heterocycles. The average molecular weight is 1610 g/mol. The zero-order chi connectivity index (χ0) is 80.6. The molecule has 0 aliphatic heterocycles. The molecule has 110 heavy (non-hydrogen) atoms. The molecule has 0 saturated heterocycles. The maximum absolute atomic E-state index is 13.2. The van der Waals surface area contributed by atoms with Crippen LogP contribution in [0.2, 0.25) is 0 Å². The maximum Gasteiger partial charge on any atom is 0.472 e. The molecule has 0 aliphatic rings. The highest BCUT2D eigenvalue weighted by Crippen LogP contribution is 2.45. The molecule has 0 saturated carbocycles. The van der Waals surface area contributed by atoms with Crippen molar-refractivity contribution in [1.29, 1.82) is 0 Å². The van der Waals surface area contributed by atoms with Crippen molar-refractivity contribution in [2.24, 2.45) is 11.8 Å². The van der Waals surface area contributed by atoms with Crippen LogP contribution in [0, 0.1) is 11.8 Å². The van der Waals surface area contributed by atoms with E-state index >= 15 is 0 Å². The van der Waals surface area contributed by atoms with Crippen LogP contribution in [0.1, 0.15) is 491 Å². The molecule has 0 amide bonds. The van der Waals surface area contributed by atoms with Gasteiger partial charge >= 0.3 is 39.5 Å². The zero-order valence-electron chi connectivity index (χ0n) is 72.6. The van der Waals surface area contributed by atoms with Crippen molar-refractivity contribution in [2.75, 3.05) is 39.6 Å². The van der Waals surface area contributed by atoms with Gasteiger partial charge in [0.15, 0.2) is 12.2 Å². The van der Waals surface area contributed by atoms with Crippen LogP contribution in [0.5, 0.6) is 0 Å². The Kier molecular flexibility index (Phi) is 80.7. The summed E-state index contributed by atoms with van der Waals surface area (Å²) >= 11 is 0. The van der Waals surface area contributed by atoms with Gasteiger partial charge in [-0.3, -0.25) is 37.3 Å². The van der Waals surface area contributed by atoms with Crippen LogP contribution in [0.15, 0.2) is 0 Å². The Morgan fingerprint density at radius 2 is 0.418 bits per heavy atom. The Balaban J connectivity index is 5.25. The Labute approximate surface area is 677 Å². The van der Waals surface area contributed by atoms with Crippen molar-refractivity contribution in [2.45, 2.75) is 509 Å². The lowest BCUT2D eigenvalue weighted by Gasteiger charge is -2.21. The summed E-state index contributed by atoms with van der Waals surface area (Å²) < 4.78 is 69.1. The van der Waals surface area contributed by atoms with Crippen LogP contribution in [0.25, 0.3) is 0 Å². The second kappa shape index (κ2) is 82.2. The van der Waals surface area contributed by atoms with E-state index in [0.717, 1.165) is 102 Å². The highest BCUT2D eigenvalue weighted by atomic mass is 31.2. The van der Waals surface area contributed by atoms with E-state index in [1.54, 1.807) is 0 Å². The van der Waals surface area contributed by atoms with Gasteiger partial charge in [-0.2, -0.15) is 0 Å². The Morgan fingerprint density at radius 1 is 0.245 bits per heavy atom. The fourth-order valence-corrected chi connectivity index (χ4v) is 15.9. The summed E-state index contributed by atoms with van der Waals surface area (Å²) in [6.07, 6.45) is 76.4. The lowest BCUT2D eigenvalue weighted by Crippen LogP contribution is -2.30. The summed E-state index contributed by atoms with van der Waals surface area (Å²) in [5, 5.41) is 10.7. The number of carbonyl (C=O) groups excluding carboxylic acids is 4. The van der Waals surface area contributed by atoms with Gasteiger partial charge in [0.1, 0.15) is 19.3 Å². The van der Waals surface area contributed by atoms with E-state index < -0.39 is 97.5 Å². The van der Waals surface area contributed by atoms with Gasteiger partial charge in [-0.1, -0.05) is 440 Å². The first kappa shape index (κ1) is 108. The number of hydrogen-bond donors (Lipinski definition) is 3. The number of phosphoric ester groups is 2. The maximum atomic E-state index is 13.2. The monoisotopic (exact) mass is 1610 g/mol. The molecule has 0 rings (SSSR count). The number of phosphoric acid groups is 2. The van der Waals surface area contributed by atoms with E-state index in [-0.39, 0.29) is 25.7 Å². The third-order valence-corrected chi connectivity index (χ3v) is 23.4. The van der Waals surface area contributed by atoms with Crippen molar-refractivity contribution >= 4 is 39.5 Å². The van der Waals surface area contributed by atoms with E-state index in [1.807, 2.05) is 0 Å². The topological polar surface area (TPSA) is 237 Å². The largest absolute Gasteiger partial charge is 0.472 e. The third kappa shape index (κ3) is 84.0. The molecule has 5 atom stereocenters. The lowest BCUT2D eigenvalue weighted by atomic mass is 10.0. The van der Waals surface area contributed by atoms with Crippen LogP contribution in [0.4, 0.5) is 0 Å². The van der Waals surface area contributed by atoms with Crippen LogP contribution in [-0.4, -0.2) is 96.7 Å². The quantitative estimate of drug-likeness (QED) is 0.0222. The number of carbonyl (C=O) groups is 4. The van der Waals surface area contributed by atoms with Gasteiger partial charge in [0.2, 0.25) is 0 Å².